The first-order valence-electron chi connectivity index (χ1n) is 14.6. The Labute approximate surface area is 250 Å². The van der Waals surface area contributed by atoms with Crippen LogP contribution in [-0.2, 0) is 22.5 Å². The molecule has 4 aromatic rings. The number of hydrogen-bond acceptors (Lipinski definition) is 5. The van der Waals surface area contributed by atoms with E-state index in [0.717, 1.165) is 41.9 Å². The van der Waals surface area contributed by atoms with Gasteiger partial charge in [-0.05, 0) is 45.5 Å². The molecule has 0 radical (unpaired) electrons. The first kappa shape index (κ1) is 28.4. The van der Waals surface area contributed by atoms with E-state index in [1.807, 2.05) is 71.6 Å². The second-order valence-corrected chi connectivity index (χ2v) is 11.1. The number of carboxylic acids is 1. The molecule has 1 aliphatic carbocycles. The molecule has 4 aromatic carbocycles. The number of nitrogens with zero attached hydrogens (tertiary/aromatic N) is 2. The van der Waals surface area contributed by atoms with Crippen LogP contribution in [0.25, 0.3) is 11.1 Å². The van der Waals surface area contributed by atoms with Gasteiger partial charge >= 0.3 is 12.1 Å². The number of carbonyl (C=O) groups is 2. The highest BCUT2D eigenvalue weighted by Gasteiger charge is 2.30. The van der Waals surface area contributed by atoms with E-state index in [1.165, 1.54) is 11.6 Å². The Hall–Kier alpha value is -4.69. The van der Waals surface area contributed by atoms with E-state index < -0.39 is 23.9 Å². The molecular formula is C35H34FN3O4. The number of ether oxygens (including phenoxy) is 1. The highest BCUT2D eigenvalue weighted by molar-refractivity contribution is 5.81. The molecule has 1 unspecified atom stereocenters. The lowest BCUT2D eigenvalue weighted by molar-refractivity contribution is -0.139. The molecule has 0 spiro atoms. The summed E-state index contributed by atoms with van der Waals surface area (Å²) in [5.41, 5.74) is 6.59. The Morgan fingerprint density at radius 1 is 0.837 bits per heavy atom. The number of aliphatic carboxylic acids is 1. The summed E-state index contributed by atoms with van der Waals surface area (Å²) in [5, 5.41) is 12.3. The Bertz CT molecular complexity index is 1560. The number of nitrogens with one attached hydrogen (secondary N) is 1. The first-order chi connectivity index (χ1) is 21.0. The molecule has 8 heteroatoms. The molecule has 2 N–H and O–H groups in total. The van der Waals surface area contributed by atoms with Crippen LogP contribution in [0.1, 0.15) is 28.2 Å². The highest BCUT2D eigenvalue weighted by atomic mass is 19.1. The van der Waals surface area contributed by atoms with Crippen LogP contribution in [0.3, 0.4) is 0 Å². The zero-order chi connectivity index (χ0) is 29.8. The summed E-state index contributed by atoms with van der Waals surface area (Å²) in [6, 6.07) is 29.8. The minimum atomic E-state index is -1.26. The maximum Gasteiger partial charge on any atom is 0.407 e. The monoisotopic (exact) mass is 579 g/mol. The molecule has 0 saturated carbocycles. The van der Waals surface area contributed by atoms with Crippen molar-refractivity contribution >= 4 is 17.7 Å². The van der Waals surface area contributed by atoms with E-state index in [4.69, 9.17) is 4.74 Å². The number of fused-ring (bicyclic) bond motifs is 3. The van der Waals surface area contributed by atoms with Crippen LogP contribution >= 0.6 is 0 Å². The van der Waals surface area contributed by atoms with Gasteiger partial charge in [0.1, 0.15) is 18.5 Å². The lowest BCUT2D eigenvalue weighted by atomic mass is 9.98. The molecule has 43 heavy (non-hydrogen) atoms. The molecule has 1 amide bonds. The lowest BCUT2D eigenvalue weighted by Crippen LogP contribution is -2.46. The van der Waals surface area contributed by atoms with E-state index >= 15 is 4.39 Å². The van der Waals surface area contributed by atoms with Gasteiger partial charge in [0.2, 0.25) is 0 Å². The van der Waals surface area contributed by atoms with E-state index in [1.54, 1.807) is 12.1 Å². The number of piperazine rings is 1. The number of carboxylic acid groups (broad SMARTS) is 1. The van der Waals surface area contributed by atoms with Crippen LogP contribution in [0.2, 0.25) is 0 Å². The van der Waals surface area contributed by atoms with Gasteiger partial charge < -0.3 is 20.1 Å². The predicted octanol–water partition coefficient (Wildman–Crippen LogP) is 5.68. The van der Waals surface area contributed by atoms with Gasteiger partial charge in [-0.15, -0.1) is 0 Å². The van der Waals surface area contributed by atoms with Gasteiger partial charge in [-0.25, -0.2) is 14.0 Å². The van der Waals surface area contributed by atoms with Gasteiger partial charge in [0.25, 0.3) is 0 Å². The summed E-state index contributed by atoms with van der Waals surface area (Å²) in [6.45, 7) is 3.98. The number of hydrogen-bond donors (Lipinski definition) is 2. The quantitative estimate of drug-likeness (QED) is 0.266. The maximum atomic E-state index is 15.2. The Balaban J connectivity index is 1.04. The second-order valence-electron chi connectivity index (χ2n) is 11.1. The van der Waals surface area contributed by atoms with Crippen molar-refractivity contribution < 1.29 is 23.8 Å². The third-order valence-electron chi connectivity index (χ3n) is 8.35. The fourth-order valence-corrected chi connectivity index (χ4v) is 6.14. The largest absolute Gasteiger partial charge is 0.480 e. The lowest BCUT2D eigenvalue weighted by Gasteiger charge is -2.36. The zero-order valence-electron chi connectivity index (χ0n) is 23.8. The number of benzene rings is 4. The van der Waals surface area contributed by atoms with Crippen LogP contribution in [0.5, 0.6) is 0 Å². The summed E-state index contributed by atoms with van der Waals surface area (Å²) in [4.78, 5) is 29.1. The Morgan fingerprint density at radius 2 is 1.47 bits per heavy atom. The maximum absolute atomic E-state index is 15.2. The summed E-state index contributed by atoms with van der Waals surface area (Å²) < 4.78 is 20.7. The van der Waals surface area contributed by atoms with Crippen molar-refractivity contribution in [2.45, 2.75) is 24.9 Å². The molecule has 1 atom stereocenters. The van der Waals surface area contributed by atoms with Crippen LogP contribution in [0.15, 0.2) is 97.1 Å². The van der Waals surface area contributed by atoms with Gasteiger partial charge in [0, 0.05) is 45.1 Å². The second kappa shape index (κ2) is 12.7. The number of rotatable bonds is 9. The molecule has 0 aromatic heterocycles. The minimum Gasteiger partial charge on any atom is -0.480 e. The molecule has 6 rings (SSSR count). The molecule has 1 saturated heterocycles. The number of carbonyl (C=O) groups excluding carboxylic acids is 1. The van der Waals surface area contributed by atoms with Crippen molar-refractivity contribution in [1.29, 1.82) is 0 Å². The predicted molar refractivity (Wildman–Crippen MR) is 164 cm³/mol. The van der Waals surface area contributed by atoms with Crippen LogP contribution in [0, 0.1) is 5.82 Å². The molecule has 7 nitrogen and oxygen atoms in total. The van der Waals surface area contributed by atoms with E-state index in [9.17, 15) is 14.7 Å². The van der Waals surface area contributed by atoms with Gasteiger partial charge in [0.05, 0.1) is 5.69 Å². The number of amides is 1. The van der Waals surface area contributed by atoms with Crippen molar-refractivity contribution in [3.05, 3.63) is 125 Å². The normalized spacial score (nSPS) is 15.4. The van der Waals surface area contributed by atoms with E-state index in [2.05, 4.69) is 22.3 Å². The molecule has 0 bridgehead atoms. The number of alkyl carbamates (subject to hydrolysis) is 1. The smallest absolute Gasteiger partial charge is 0.407 e. The van der Waals surface area contributed by atoms with Gasteiger partial charge in [-0.2, -0.15) is 0 Å². The third-order valence-corrected chi connectivity index (χ3v) is 8.35. The minimum absolute atomic E-state index is 0.0679. The van der Waals surface area contributed by atoms with Gasteiger partial charge in [0.15, 0.2) is 0 Å². The van der Waals surface area contributed by atoms with Crippen LogP contribution < -0.4 is 10.2 Å². The number of anilines is 1. The summed E-state index contributed by atoms with van der Waals surface area (Å²) in [7, 11) is 0. The average molecular weight is 580 g/mol. The van der Waals surface area contributed by atoms with Crippen LogP contribution in [0.4, 0.5) is 14.9 Å². The molecule has 1 aliphatic heterocycles. The standard InChI is InChI=1S/C35H34FN3O4/c36-31-20-25(14-15-33(31)39-18-16-38(17-19-39)22-24-8-2-1-3-9-24)21-32(34(40)41)37-35(42)43-23-30-28-12-6-4-10-26(28)27-11-5-7-13-29(27)30/h1-15,20,30,32H,16-19,21-23H2,(H,37,42)(H,40,41). The molecule has 2 aliphatic rings. The highest BCUT2D eigenvalue weighted by Crippen LogP contribution is 2.44. The summed E-state index contributed by atoms with van der Waals surface area (Å²) >= 11 is 0. The Morgan fingerprint density at radius 3 is 2.09 bits per heavy atom. The molecule has 1 fully saturated rings. The first-order valence-corrected chi connectivity index (χ1v) is 14.6. The zero-order valence-corrected chi connectivity index (χ0v) is 23.8. The van der Waals surface area contributed by atoms with Crippen LogP contribution in [-0.4, -0.2) is 60.9 Å². The molecule has 220 valence electrons. The van der Waals surface area contributed by atoms with Gasteiger partial charge in [-0.1, -0.05) is 84.9 Å². The van der Waals surface area contributed by atoms with Gasteiger partial charge in [-0.3, -0.25) is 4.90 Å². The van der Waals surface area contributed by atoms with Crippen molar-refractivity contribution in [2.24, 2.45) is 0 Å². The third kappa shape index (κ3) is 6.39. The topological polar surface area (TPSA) is 82.1 Å². The number of halogens is 1. The summed E-state index contributed by atoms with van der Waals surface area (Å²) in [6.07, 6.45) is -0.888. The summed E-state index contributed by atoms with van der Waals surface area (Å²) in [5.74, 6) is -1.75. The Kier molecular flexibility index (Phi) is 8.38. The van der Waals surface area contributed by atoms with E-state index in [0.29, 0.717) is 24.3 Å². The van der Waals surface area contributed by atoms with E-state index in [-0.39, 0.29) is 18.9 Å². The molecule has 1 heterocycles. The fraction of sp³-hybridized carbons (Fsp3) is 0.257. The fourth-order valence-electron chi connectivity index (χ4n) is 6.14. The van der Waals surface area contributed by atoms with Crippen molar-refractivity contribution in [3.8, 4) is 11.1 Å². The SMILES string of the molecule is O=C(NC(Cc1ccc(N2CCN(Cc3ccccc3)CC2)c(F)c1)C(=O)O)OCC1c2ccccc2-c2ccccc21. The average Bonchev–Trinajstić information content (AvgIpc) is 3.34. The van der Waals surface area contributed by atoms with Crippen molar-refractivity contribution in [2.75, 3.05) is 37.7 Å². The molecular weight excluding hydrogens is 545 g/mol. The van der Waals surface area contributed by atoms with Crippen molar-refractivity contribution in [3.63, 3.8) is 0 Å². The van der Waals surface area contributed by atoms with Crippen molar-refractivity contribution in [1.82, 2.24) is 10.2 Å².